The molecule has 0 unspecified atom stereocenters. The summed E-state index contributed by atoms with van der Waals surface area (Å²) in [5, 5.41) is 2.37. The molecule has 0 aromatic heterocycles. The van der Waals surface area contributed by atoms with Crippen molar-refractivity contribution in [1.29, 1.82) is 0 Å². The first-order valence-electron chi connectivity index (χ1n) is 6.53. The Morgan fingerprint density at radius 3 is 2.43 bits per heavy atom. The number of amides is 3. The number of rotatable bonds is 3. The van der Waals surface area contributed by atoms with Crippen LogP contribution in [0.15, 0.2) is 36.0 Å². The van der Waals surface area contributed by atoms with Gasteiger partial charge < -0.3 is 10.1 Å². The van der Waals surface area contributed by atoms with Crippen LogP contribution in [0.2, 0.25) is 0 Å². The van der Waals surface area contributed by atoms with Crippen LogP contribution < -0.4 is 10.2 Å². The summed E-state index contributed by atoms with van der Waals surface area (Å²) in [5.74, 6) is -1.25. The van der Waals surface area contributed by atoms with Crippen LogP contribution in [0.4, 0.5) is 10.5 Å². The van der Waals surface area contributed by atoms with Gasteiger partial charge in [-0.05, 0) is 32.9 Å². The second-order valence-electron chi connectivity index (χ2n) is 4.95. The molecule has 6 heteroatoms. The van der Waals surface area contributed by atoms with Gasteiger partial charge in [-0.2, -0.15) is 0 Å². The lowest BCUT2D eigenvalue weighted by atomic mass is 10.2. The Balaban J connectivity index is 2.22. The number of urea groups is 1. The molecule has 110 valence electrons. The Hall–Kier alpha value is -2.63. The maximum atomic E-state index is 12.2. The zero-order chi connectivity index (χ0) is 15.6. The number of nitrogens with one attached hydrogen (secondary N) is 1. The van der Waals surface area contributed by atoms with Crippen molar-refractivity contribution < 1.29 is 19.1 Å². The highest BCUT2D eigenvalue weighted by Gasteiger charge is 2.35. The van der Waals surface area contributed by atoms with E-state index in [4.69, 9.17) is 4.74 Å². The summed E-state index contributed by atoms with van der Waals surface area (Å²) < 4.78 is 4.92. The summed E-state index contributed by atoms with van der Waals surface area (Å²) in [4.78, 5) is 36.6. The zero-order valence-corrected chi connectivity index (χ0v) is 12.0. The fourth-order valence-electron chi connectivity index (χ4n) is 1.85. The molecule has 1 aliphatic rings. The van der Waals surface area contributed by atoms with E-state index < -0.39 is 17.9 Å². The van der Waals surface area contributed by atoms with Crippen LogP contribution in [-0.4, -0.2) is 24.0 Å². The maximum absolute atomic E-state index is 12.2. The highest BCUT2D eigenvalue weighted by atomic mass is 16.5. The molecule has 0 spiro atoms. The van der Waals surface area contributed by atoms with Crippen molar-refractivity contribution in [3.05, 3.63) is 41.6 Å². The van der Waals surface area contributed by atoms with Crippen molar-refractivity contribution in [3.8, 4) is 0 Å². The van der Waals surface area contributed by atoms with Gasteiger partial charge in [-0.25, -0.2) is 14.5 Å². The smallest absolute Gasteiger partial charge is 0.333 e. The molecular formula is C15H16N2O4. The predicted octanol–water partition coefficient (Wildman–Crippen LogP) is 1.89. The number of hydrogen-bond acceptors (Lipinski definition) is 4. The normalized spacial score (nSPS) is 16.6. The molecule has 1 N–H and O–H groups in total. The van der Waals surface area contributed by atoms with Crippen LogP contribution in [0.5, 0.6) is 0 Å². The lowest BCUT2D eigenvalue weighted by Crippen LogP contribution is -2.30. The van der Waals surface area contributed by atoms with Crippen molar-refractivity contribution >= 4 is 23.6 Å². The Bertz CT molecular complexity index is 617. The number of imide groups is 1. The summed E-state index contributed by atoms with van der Waals surface area (Å²) in [6, 6.07) is 6.34. The largest absolute Gasteiger partial charge is 0.460 e. The molecule has 0 saturated carbocycles. The van der Waals surface area contributed by atoms with E-state index >= 15 is 0 Å². The highest BCUT2D eigenvalue weighted by molar-refractivity contribution is 6.27. The summed E-state index contributed by atoms with van der Waals surface area (Å²) in [6.45, 7) is 5.30. The molecule has 2 rings (SSSR count). The summed E-state index contributed by atoms with van der Waals surface area (Å²) in [6.07, 6.45) is 0.698. The molecule has 1 aliphatic heterocycles. The highest BCUT2D eigenvalue weighted by Crippen LogP contribution is 2.21. The van der Waals surface area contributed by atoms with Gasteiger partial charge >= 0.3 is 12.0 Å². The Morgan fingerprint density at radius 2 is 1.86 bits per heavy atom. The summed E-state index contributed by atoms with van der Waals surface area (Å²) in [5.41, 5.74) is 1.37. The second-order valence-corrected chi connectivity index (χ2v) is 4.95. The van der Waals surface area contributed by atoms with Gasteiger partial charge in [0, 0.05) is 0 Å². The number of carbonyl (C=O) groups is 3. The van der Waals surface area contributed by atoms with Gasteiger partial charge in [0.15, 0.2) is 0 Å². The van der Waals surface area contributed by atoms with Gasteiger partial charge in [0.2, 0.25) is 0 Å². The van der Waals surface area contributed by atoms with Gasteiger partial charge in [-0.3, -0.25) is 4.79 Å². The third kappa shape index (κ3) is 3.28. The molecule has 21 heavy (non-hydrogen) atoms. The maximum Gasteiger partial charge on any atom is 0.333 e. The first-order valence-corrected chi connectivity index (χ1v) is 6.53. The average molecular weight is 288 g/mol. The molecule has 1 saturated heterocycles. The molecule has 1 aromatic carbocycles. The third-order valence-electron chi connectivity index (χ3n) is 2.78. The third-order valence-corrected chi connectivity index (χ3v) is 2.78. The SMILES string of the molecule is Cc1ccc(N2C(=O)N/C(=C\C(=O)OC(C)C)C2=O)cc1. The number of hydrogen-bond donors (Lipinski definition) is 1. The monoisotopic (exact) mass is 288 g/mol. The quantitative estimate of drug-likeness (QED) is 0.523. The molecule has 0 aliphatic carbocycles. The molecule has 0 bridgehead atoms. The predicted molar refractivity (Wildman–Crippen MR) is 76.5 cm³/mol. The van der Waals surface area contributed by atoms with E-state index in [0.29, 0.717) is 5.69 Å². The molecule has 0 radical (unpaired) electrons. The topological polar surface area (TPSA) is 75.7 Å². The van der Waals surface area contributed by atoms with E-state index in [1.54, 1.807) is 38.1 Å². The molecule has 3 amide bonds. The molecular weight excluding hydrogens is 272 g/mol. The van der Waals surface area contributed by atoms with E-state index in [1.807, 2.05) is 6.92 Å². The van der Waals surface area contributed by atoms with Crippen LogP contribution in [0, 0.1) is 6.92 Å². The fourth-order valence-corrected chi connectivity index (χ4v) is 1.85. The molecule has 6 nitrogen and oxygen atoms in total. The Kier molecular flexibility index (Phi) is 4.07. The number of nitrogens with zero attached hydrogens (tertiary/aromatic N) is 1. The first kappa shape index (κ1) is 14.8. The minimum absolute atomic E-state index is 0.0915. The van der Waals surface area contributed by atoms with Crippen molar-refractivity contribution in [2.75, 3.05) is 4.90 Å². The molecule has 1 fully saturated rings. The average Bonchev–Trinajstić information content (AvgIpc) is 2.65. The standard InChI is InChI=1S/C15H16N2O4/c1-9(2)21-13(18)8-12-14(19)17(15(20)16-12)11-6-4-10(3)5-7-11/h4-9H,1-3H3,(H,16,20)/b12-8-. The van der Waals surface area contributed by atoms with Crippen molar-refractivity contribution in [1.82, 2.24) is 5.32 Å². The van der Waals surface area contributed by atoms with Crippen molar-refractivity contribution in [3.63, 3.8) is 0 Å². The van der Waals surface area contributed by atoms with Gasteiger partial charge in [0.25, 0.3) is 5.91 Å². The molecule has 1 aromatic rings. The van der Waals surface area contributed by atoms with E-state index in [-0.39, 0.29) is 11.8 Å². The summed E-state index contributed by atoms with van der Waals surface area (Å²) >= 11 is 0. The minimum atomic E-state index is -0.667. The van der Waals surface area contributed by atoms with Gasteiger partial charge in [-0.1, -0.05) is 17.7 Å². The summed E-state index contributed by atoms with van der Waals surface area (Å²) in [7, 11) is 0. The van der Waals surface area contributed by atoms with Crippen molar-refractivity contribution in [2.24, 2.45) is 0 Å². The van der Waals surface area contributed by atoms with E-state index in [2.05, 4.69) is 5.32 Å². The first-order chi connectivity index (χ1) is 9.88. The zero-order valence-electron chi connectivity index (χ0n) is 12.0. The van der Waals surface area contributed by atoms with Crippen molar-refractivity contribution in [2.45, 2.75) is 26.9 Å². The van der Waals surface area contributed by atoms with Crippen LogP contribution in [0.3, 0.4) is 0 Å². The lowest BCUT2D eigenvalue weighted by molar-refractivity contribution is -0.141. The number of aryl methyl sites for hydroxylation is 1. The minimum Gasteiger partial charge on any atom is -0.460 e. The lowest BCUT2D eigenvalue weighted by Gasteiger charge is -2.11. The van der Waals surface area contributed by atoms with E-state index in [1.165, 1.54) is 0 Å². The number of anilines is 1. The molecule has 0 atom stereocenters. The van der Waals surface area contributed by atoms with Crippen LogP contribution in [-0.2, 0) is 14.3 Å². The second kappa shape index (κ2) is 5.78. The van der Waals surface area contributed by atoms with Gasteiger partial charge in [0.1, 0.15) is 5.70 Å². The van der Waals surface area contributed by atoms with E-state index in [0.717, 1.165) is 16.5 Å². The van der Waals surface area contributed by atoms with Gasteiger partial charge in [0.05, 0.1) is 17.9 Å². The van der Waals surface area contributed by atoms with Crippen LogP contribution >= 0.6 is 0 Å². The number of carbonyl (C=O) groups excluding carboxylic acids is 3. The van der Waals surface area contributed by atoms with E-state index in [9.17, 15) is 14.4 Å². The fraction of sp³-hybridized carbons (Fsp3) is 0.267. The number of ether oxygens (including phenoxy) is 1. The van der Waals surface area contributed by atoms with Crippen LogP contribution in [0.25, 0.3) is 0 Å². The number of esters is 1. The van der Waals surface area contributed by atoms with Gasteiger partial charge in [-0.15, -0.1) is 0 Å². The van der Waals surface area contributed by atoms with Crippen LogP contribution in [0.1, 0.15) is 19.4 Å². The Labute approximate surface area is 122 Å². The Morgan fingerprint density at radius 1 is 1.24 bits per heavy atom. The molecule has 1 heterocycles. The number of benzene rings is 1.